The molecule has 0 fully saturated rings. The van der Waals surface area contributed by atoms with Crippen molar-refractivity contribution in [2.75, 3.05) is 14.2 Å². The summed E-state index contributed by atoms with van der Waals surface area (Å²) in [5, 5.41) is 3.14. The second kappa shape index (κ2) is 6.32. The molecule has 1 aliphatic heterocycles. The number of fused-ring (bicyclic) bond motifs is 1. The predicted molar refractivity (Wildman–Crippen MR) is 89.0 cm³/mol. The zero-order chi connectivity index (χ0) is 16.4. The van der Waals surface area contributed by atoms with Crippen LogP contribution in [0.4, 0.5) is 0 Å². The molecule has 0 saturated heterocycles. The van der Waals surface area contributed by atoms with E-state index in [9.17, 15) is 4.79 Å². The number of ether oxygens (including phenoxy) is 2. The summed E-state index contributed by atoms with van der Waals surface area (Å²) in [7, 11) is 3.24. The van der Waals surface area contributed by atoms with E-state index in [0.29, 0.717) is 11.5 Å². The van der Waals surface area contributed by atoms with E-state index in [1.165, 1.54) is 0 Å². The molecule has 120 valence electrons. The maximum Gasteiger partial charge on any atom is 0.228 e. The Morgan fingerprint density at radius 3 is 2.17 bits per heavy atom. The minimum absolute atomic E-state index is 0.0565. The van der Waals surface area contributed by atoms with Gasteiger partial charge in [-0.1, -0.05) is 37.3 Å². The number of benzene rings is 2. The minimum atomic E-state index is -0.165. The van der Waals surface area contributed by atoms with Crippen LogP contribution in [0.5, 0.6) is 11.5 Å². The van der Waals surface area contributed by atoms with E-state index in [4.69, 9.17) is 9.47 Å². The number of carbonyl (C=O) groups is 1. The summed E-state index contributed by atoms with van der Waals surface area (Å²) in [6, 6.07) is 13.7. The van der Waals surface area contributed by atoms with Crippen molar-refractivity contribution in [3.63, 3.8) is 0 Å². The van der Waals surface area contributed by atoms with E-state index in [1.54, 1.807) is 14.2 Å². The summed E-state index contributed by atoms with van der Waals surface area (Å²) in [4.78, 5) is 12.5. The van der Waals surface area contributed by atoms with Gasteiger partial charge >= 0.3 is 0 Å². The van der Waals surface area contributed by atoms with Gasteiger partial charge < -0.3 is 14.8 Å². The molecule has 3 rings (SSSR count). The first-order valence-corrected chi connectivity index (χ1v) is 7.80. The molecule has 1 N–H and O–H groups in total. The van der Waals surface area contributed by atoms with Crippen molar-refractivity contribution >= 4 is 5.91 Å². The van der Waals surface area contributed by atoms with Gasteiger partial charge in [0, 0.05) is 0 Å². The standard InChI is InChI=1S/C19H21NO3/c1-4-13-14-10-16(22-2)17(23-3)11-15(14)18(20-19(13)21)12-8-6-5-7-9-12/h5-11,13,18H,4H2,1-3H3,(H,20,21). The molecule has 4 nitrogen and oxygen atoms in total. The summed E-state index contributed by atoms with van der Waals surface area (Å²) in [5.74, 6) is 1.23. The molecule has 2 unspecified atom stereocenters. The average Bonchev–Trinajstić information content (AvgIpc) is 2.60. The Hall–Kier alpha value is -2.49. The van der Waals surface area contributed by atoms with Gasteiger partial charge in [0.1, 0.15) is 0 Å². The molecule has 0 aliphatic carbocycles. The average molecular weight is 311 g/mol. The molecule has 0 spiro atoms. The Kier molecular flexibility index (Phi) is 4.24. The van der Waals surface area contributed by atoms with Gasteiger partial charge in [0.25, 0.3) is 0 Å². The number of nitrogens with one attached hydrogen (secondary N) is 1. The van der Waals surface area contributed by atoms with Crippen LogP contribution in [0.2, 0.25) is 0 Å². The zero-order valence-corrected chi connectivity index (χ0v) is 13.6. The molecule has 2 aromatic carbocycles. The van der Waals surface area contributed by atoms with Crippen molar-refractivity contribution < 1.29 is 14.3 Å². The first kappa shape index (κ1) is 15.4. The highest BCUT2D eigenvalue weighted by molar-refractivity contribution is 5.87. The fourth-order valence-corrected chi connectivity index (χ4v) is 3.24. The van der Waals surface area contributed by atoms with Gasteiger partial charge in [-0.15, -0.1) is 0 Å². The lowest BCUT2D eigenvalue weighted by Gasteiger charge is -2.32. The molecule has 0 radical (unpaired) electrons. The molecule has 2 atom stereocenters. The van der Waals surface area contributed by atoms with Gasteiger partial charge in [0.2, 0.25) is 5.91 Å². The van der Waals surface area contributed by atoms with E-state index in [1.807, 2.05) is 49.4 Å². The highest BCUT2D eigenvalue weighted by Crippen LogP contribution is 2.42. The molecular weight excluding hydrogens is 290 g/mol. The lowest BCUT2D eigenvalue weighted by atomic mass is 9.82. The molecule has 0 saturated carbocycles. The van der Waals surface area contributed by atoms with Crippen LogP contribution < -0.4 is 14.8 Å². The van der Waals surface area contributed by atoms with Gasteiger partial charge in [-0.05, 0) is 35.2 Å². The Bertz CT molecular complexity index is 712. The summed E-state index contributed by atoms with van der Waals surface area (Å²) in [5.41, 5.74) is 3.15. The quantitative estimate of drug-likeness (QED) is 0.941. The topological polar surface area (TPSA) is 47.6 Å². The number of rotatable bonds is 4. The van der Waals surface area contributed by atoms with E-state index in [0.717, 1.165) is 23.1 Å². The number of methoxy groups -OCH3 is 2. The third-order valence-electron chi connectivity index (χ3n) is 4.42. The van der Waals surface area contributed by atoms with Crippen molar-refractivity contribution in [2.24, 2.45) is 0 Å². The van der Waals surface area contributed by atoms with Crippen LogP contribution in [-0.4, -0.2) is 20.1 Å². The molecular formula is C19H21NO3. The number of carbonyl (C=O) groups excluding carboxylic acids is 1. The van der Waals surface area contributed by atoms with Crippen LogP contribution >= 0.6 is 0 Å². The number of hydrogen-bond acceptors (Lipinski definition) is 3. The summed E-state index contributed by atoms with van der Waals surface area (Å²) < 4.78 is 10.9. The molecule has 4 heteroatoms. The van der Waals surface area contributed by atoms with Gasteiger partial charge in [-0.25, -0.2) is 0 Å². The minimum Gasteiger partial charge on any atom is -0.493 e. The maximum absolute atomic E-state index is 12.5. The van der Waals surface area contributed by atoms with Crippen LogP contribution in [0, 0.1) is 0 Å². The monoisotopic (exact) mass is 311 g/mol. The lowest BCUT2D eigenvalue weighted by molar-refractivity contribution is -0.123. The van der Waals surface area contributed by atoms with Crippen molar-refractivity contribution in [1.29, 1.82) is 0 Å². The zero-order valence-electron chi connectivity index (χ0n) is 13.6. The number of amides is 1. The van der Waals surface area contributed by atoms with Gasteiger partial charge in [0.15, 0.2) is 11.5 Å². The first-order valence-electron chi connectivity index (χ1n) is 7.80. The summed E-state index contributed by atoms with van der Waals surface area (Å²) in [6.45, 7) is 2.02. The van der Waals surface area contributed by atoms with Crippen LogP contribution in [-0.2, 0) is 4.79 Å². The van der Waals surface area contributed by atoms with Crippen molar-refractivity contribution in [1.82, 2.24) is 5.32 Å². The van der Waals surface area contributed by atoms with Crippen LogP contribution in [0.1, 0.15) is 42.0 Å². The van der Waals surface area contributed by atoms with Crippen LogP contribution in [0.15, 0.2) is 42.5 Å². The lowest BCUT2D eigenvalue weighted by Crippen LogP contribution is -2.39. The van der Waals surface area contributed by atoms with Crippen molar-refractivity contribution in [3.8, 4) is 11.5 Å². The fraction of sp³-hybridized carbons (Fsp3) is 0.316. The Morgan fingerprint density at radius 1 is 1.00 bits per heavy atom. The van der Waals surface area contributed by atoms with Crippen LogP contribution in [0.3, 0.4) is 0 Å². The SMILES string of the molecule is CCC1C(=O)NC(c2ccccc2)c2cc(OC)c(OC)cc21. The molecule has 1 heterocycles. The maximum atomic E-state index is 12.5. The van der Waals surface area contributed by atoms with E-state index in [2.05, 4.69) is 5.32 Å². The third-order valence-corrected chi connectivity index (χ3v) is 4.42. The largest absolute Gasteiger partial charge is 0.493 e. The molecule has 2 aromatic rings. The molecule has 0 aromatic heterocycles. The summed E-state index contributed by atoms with van der Waals surface area (Å²) in [6.07, 6.45) is 0.746. The normalized spacial score (nSPS) is 19.7. The Balaban J connectivity index is 2.19. The third kappa shape index (κ3) is 2.65. The van der Waals surface area contributed by atoms with E-state index < -0.39 is 0 Å². The second-order valence-electron chi connectivity index (χ2n) is 5.65. The second-order valence-corrected chi connectivity index (χ2v) is 5.65. The molecule has 1 aliphatic rings. The van der Waals surface area contributed by atoms with Crippen molar-refractivity contribution in [3.05, 3.63) is 59.2 Å². The smallest absolute Gasteiger partial charge is 0.228 e. The first-order chi connectivity index (χ1) is 11.2. The fourth-order valence-electron chi connectivity index (χ4n) is 3.24. The molecule has 1 amide bonds. The van der Waals surface area contributed by atoms with Gasteiger partial charge in [0.05, 0.1) is 26.2 Å². The van der Waals surface area contributed by atoms with Gasteiger partial charge in [-0.2, -0.15) is 0 Å². The van der Waals surface area contributed by atoms with Crippen molar-refractivity contribution in [2.45, 2.75) is 25.3 Å². The van der Waals surface area contributed by atoms with E-state index in [-0.39, 0.29) is 17.9 Å². The summed E-state index contributed by atoms with van der Waals surface area (Å²) >= 11 is 0. The highest BCUT2D eigenvalue weighted by Gasteiger charge is 2.34. The van der Waals surface area contributed by atoms with Gasteiger partial charge in [-0.3, -0.25) is 4.79 Å². The Morgan fingerprint density at radius 2 is 1.61 bits per heavy atom. The predicted octanol–water partition coefficient (Wildman–Crippen LogP) is 3.42. The van der Waals surface area contributed by atoms with E-state index >= 15 is 0 Å². The Labute approximate surface area is 136 Å². The number of hydrogen-bond donors (Lipinski definition) is 1. The molecule has 0 bridgehead atoms. The van der Waals surface area contributed by atoms with Crippen LogP contribution in [0.25, 0.3) is 0 Å². The highest BCUT2D eigenvalue weighted by atomic mass is 16.5. The molecule has 23 heavy (non-hydrogen) atoms.